The topological polar surface area (TPSA) is 87.2 Å². The van der Waals surface area contributed by atoms with Gasteiger partial charge in [0.05, 0.1) is 18.8 Å². The number of nitrogens with zero attached hydrogens (tertiary/aromatic N) is 3. The number of aryl methyl sites for hydroxylation is 1. The molecule has 0 unspecified atom stereocenters. The minimum atomic E-state index is -4.23. The molecule has 0 radical (unpaired) electrons. The number of likely N-dealkylation sites (tertiary alicyclic amines) is 1. The second-order valence-electron chi connectivity index (χ2n) is 10.6. The third-order valence-corrected chi connectivity index (χ3v) is 6.59. The number of pyridine rings is 1. The van der Waals surface area contributed by atoms with Crippen molar-refractivity contribution in [2.45, 2.75) is 45.4 Å². The molecule has 1 atom stereocenters. The molecule has 11 heteroatoms. The molecule has 2 saturated heterocycles. The Bertz CT molecular complexity index is 1130. The zero-order valence-electron chi connectivity index (χ0n) is 22.0. The maximum Gasteiger partial charge on any atom is 0.389 e. The monoisotopic (exact) mass is 536 g/mol. The highest BCUT2D eigenvalue weighted by Gasteiger charge is 2.36. The molecular weight excluding hydrogens is 501 g/mol. The van der Waals surface area contributed by atoms with Crippen LogP contribution in [0.1, 0.15) is 32.3 Å². The highest BCUT2D eigenvalue weighted by atomic mass is 19.4. The number of halogens is 3. The predicted molar refractivity (Wildman–Crippen MR) is 139 cm³/mol. The van der Waals surface area contributed by atoms with Gasteiger partial charge in [-0.2, -0.15) is 18.2 Å². The van der Waals surface area contributed by atoms with Gasteiger partial charge in [-0.1, -0.05) is 6.07 Å². The van der Waals surface area contributed by atoms with E-state index in [2.05, 4.69) is 15.2 Å². The van der Waals surface area contributed by atoms with Gasteiger partial charge in [-0.05, 0) is 68.0 Å². The van der Waals surface area contributed by atoms with Crippen molar-refractivity contribution in [2.24, 2.45) is 5.92 Å². The van der Waals surface area contributed by atoms with Gasteiger partial charge in [0.15, 0.2) is 0 Å². The molecule has 2 amide bonds. The van der Waals surface area contributed by atoms with Crippen molar-refractivity contribution in [3.63, 3.8) is 0 Å². The fourth-order valence-corrected chi connectivity index (χ4v) is 4.65. The highest BCUT2D eigenvalue weighted by Crippen LogP contribution is 2.33. The molecule has 2 aliphatic rings. The number of aromatic nitrogens is 1. The molecule has 208 valence electrons. The summed E-state index contributed by atoms with van der Waals surface area (Å²) < 4.78 is 49.6. The van der Waals surface area contributed by atoms with Crippen LogP contribution in [0.5, 0.6) is 5.88 Å². The summed E-state index contributed by atoms with van der Waals surface area (Å²) in [7, 11) is 0. The Hall–Kier alpha value is -3.05. The quantitative estimate of drug-likeness (QED) is 0.526. The number of morpholine rings is 1. The first-order valence-corrected chi connectivity index (χ1v) is 12.8. The fourth-order valence-electron chi connectivity index (χ4n) is 4.65. The molecule has 1 aromatic carbocycles. The van der Waals surface area contributed by atoms with E-state index in [1.165, 1.54) is 4.90 Å². The molecule has 2 aromatic rings. The van der Waals surface area contributed by atoms with Gasteiger partial charge in [0.1, 0.15) is 12.4 Å². The summed E-state index contributed by atoms with van der Waals surface area (Å²) in [5.41, 5.74) is 2.14. The summed E-state index contributed by atoms with van der Waals surface area (Å²) in [5, 5.41) is 13.0. The summed E-state index contributed by atoms with van der Waals surface area (Å²) >= 11 is 0. The third kappa shape index (κ3) is 7.73. The van der Waals surface area contributed by atoms with E-state index in [-0.39, 0.29) is 13.2 Å². The lowest BCUT2D eigenvalue weighted by atomic mass is 10.00. The number of aliphatic hydroxyl groups is 1. The number of rotatable bonds is 7. The molecule has 0 saturated carbocycles. The summed E-state index contributed by atoms with van der Waals surface area (Å²) in [6.45, 7) is 8.24. The van der Waals surface area contributed by atoms with Crippen LogP contribution in [-0.4, -0.2) is 78.8 Å². The van der Waals surface area contributed by atoms with E-state index in [1.807, 2.05) is 25.1 Å². The van der Waals surface area contributed by atoms with E-state index >= 15 is 0 Å². The van der Waals surface area contributed by atoms with E-state index in [4.69, 9.17) is 9.47 Å². The van der Waals surface area contributed by atoms with Crippen LogP contribution in [0.4, 0.5) is 29.5 Å². The summed E-state index contributed by atoms with van der Waals surface area (Å²) in [4.78, 5) is 21.0. The van der Waals surface area contributed by atoms with Gasteiger partial charge >= 0.3 is 12.2 Å². The number of ether oxygens (including phenoxy) is 2. The number of amides is 2. The lowest BCUT2D eigenvalue weighted by molar-refractivity contribution is -0.143. The second kappa shape index (κ2) is 11.4. The van der Waals surface area contributed by atoms with Crippen LogP contribution in [0.2, 0.25) is 0 Å². The Labute approximate surface area is 220 Å². The van der Waals surface area contributed by atoms with Crippen LogP contribution in [0, 0.1) is 12.8 Å². The van der Waals surface area contributed by atoms with E-state index in [0.29, 0.717) is 50.8 Å². The first-order valence-electron chi connectivity index (χ1n) is 12.8. The van der Waals surface area contributed by atoms with E-state index in [1.54, 1.807) is 26.0 Å². The molecule has 0 spiro atoms. The summed E-state index contributed by atoms with van der Waals surface area (Å²) in [6, 6.07) is 8.84. The van der Waals surface area contributed by atoms with Crippen molar-refractivity contribution in [3.05, 3.63) is 35.9 Å². The van der Waals surface area contributed by atoms with Crippen LogP contribution in [-0.2, 0) is 4.74 Å². The fraction of sp³-hybridized carbons (Fsp3) is 0.556. The molecule has 2 N–H and O–H groups in total. The number of alkyl halides is 3. The molecule has 8 nitrogen and oxygen atoms in total. The molecule has 2 fully saturated rings. The Kier molecular flexibility index (Phi) is 8.37. The molecule has 3 heterocycles. The molecule has 38 heavy (non-hydrogen) atoms. The second-order valence-corrected chi connectivity index (χ2v) is 10.6. The Morgan fingerprint density at radius 1 is 1.18 bits per heavy atom. The van der Waals surface area contributed by atoms with Crippen LogP contribution in [0.3, 0.4) is 0 Å². The predicted octanol–water partition coefficient (Wildman–Crippen LogP) is 4.85. The number of nitrogens with one attached hydrogen (secondary N) is 1. The molecule has 0 aliphatic carbocycles. The number of hydrogen-bond acceptors (Lipinski definition) is 6. The zero-order chi connectivity index (χ0) is 27.5. The van der Waals surface area contributed by atoms with Crippen LogP contribution in [0.25, 0.3) is 11.1 Å². The highest BCUT2D eigenvalue weighted by molar-refractivity contribution is 5.90. The lowest BCUT2D eigenvalue weighted by Crippen LogP contribution is -2.36. The zero-order valence-corrected chi connectivity index (χ0v) is 22.0. The summed E-state index contributed by atoms with van der Waals surface area (Å²) in [5.74, 6) is 0.512. The number of anilines is 2. The van der Waals surface area contributed by atoms with Gasteiger partial charge in [-0.3, -0.25) is 0 Å². The minimum Gasteiger partial charge on any atom is -0.475 e. The summed E-state index contributed by atoms with van der Waals surface area (Å²) in [6.07, 6.45) is -4.78. The average molecular weight is 537 g/mol. The van der Waals surface area contributed by atoms with Crippen LogP contribution < -0.4 is 15.0 Å². The number of urea groups is 1. The Morgan fingerprint density at radius 3 is 2.61 bits per heavy atom. The first-order chi connectivity index (χ1) is 17.9. The maximum atomic E-state index is 12.8. The van der Waals surface area contributed by atoms with Crippen molar-refractivity contribution in [2.75, 3.05) is 56.2 Å². The van der Waals surface area contributed by atoms with Gasteiger partial charge in [-0.25, -0.2) is 4.79 Å². The average Bonchev–Trinajstić information content (AvgIpc) is 3.31. The standard InChI is InChI=1S/C27H35F3N4O4/c1-18-4-5-21(31-25(35)34-7-6-19(16-34)15-27(28,29)30)14-22(18)20-12-23(33-8-10-37-11-9-33)32-24(13-20)38-17-26(2,3)36/h4-5,12-14,19,36H,6-11,15-17H2,1-3H3,(H,31,35)/t19-/m1/s1. The van der Waals surface area contributed by atoms with Gasteiger partial charge in [-0.15, -0.1) is 0 Å². The Balaban J connectivity index is 1.55. The van der Waals surface area contributed by atoms with Crippen LogP contribution >= 0.6 is 0 Å². The largest absolute Gasteiger partial charge is 0.475 e. The van der Waals surface area contributed by atoms with E-state index in [0.717, 1.165) is 22.5 Å². The SMILES string of the molecule is Cc1ccc(NC(=O)N2CC[C@H](CC(F)(F)F)C2)cc1-c1cc(OCC(C)(C)O)nc(N2CCOCC2)c1. The maximum absolute atomic E-state index is 12.8. The van der Waals surface area contributed by atoms with E-state index < -0.39 is 30.1 Å². The van der Waals surface area contributed by atoms with Gasteiger partial charge < -0.3 is 29.7 Å². The van der Waals surface area contributed by atoms with Gasteiger partial charge in [0, 0.05) is 44.4 Å². The Morgan fingerprint density at radius 2 is 1.92 bits per heavy atom. The molecule has 4 rings (SSSR count). The number of carbonyl (C=O) groups excluding carboxylic acids is 1. The van der Waals surface area contributed by atoms with Crippen molar-refractivity contribution in [3.8, 4) is 17.0 Å². The first kappa shape index (κ1) is 28.0. The number of benzene rings is 1. The van der Waals surface area contributed by atoms with E-state index in [9.17, 15) is 23.1 Å². The lowest BCUT2D eigenvalue weighted by Gasteiger charge is -2.29. The van der Waals surface area contributed by atoms with Crippen molar-refractivity contribution < 1.29 is 32.5 Å². The molecular formula is C27H35F3N4O4. The minimum absolute atomic E-state index is 0.0618. The number of hydrogen-bond donors (Lipinski definition) is 2. The van der Waals surface area contributed by atoms with Gasteiger partial charge in [0.25, 0.3) is 0 Å². The third-order valence-electron chi connectivity index (χ3n) is 6.59. The smallest absolute Gasteiger partial charge is 0.389 e. The van der Waals surface area contributed by atoms with Crippen LogP contribution in [0.15, 0.2) is 30.3 Å². The van der Waals surface area contributed by atoms with Crippen molar-refractivity contribution in [1.82, 2.24) is 9.88 Å². The normalized spacial score (nSPS) is 18.6. The van der Waals surface area contributed by atoms with Crippen molar-refractivity contribution >= 4 is 17.5 Å². The van der Waals surface area contributed by atoms with Crippen molar-refractivity contribution in [1.29, 1.82) is 0 Å². The molecule has 0 bridgehead atoms. The number of carbonyl (C=O) groups is 1. The molecule has 1 aromatic heterocycles. The molecule has 2 aliphatic heterocycles. The van der Waals surface area contributed by atoms with Gasteiger partial charge in [0.2, 0.25) is 5.88 Å².